The minimum atomic E-state index is -3.49. The predicted octanol–water partition coefficient (Wildman–Crippen LogP) is 7.31. The van der Waals surface area contributed by atoms with Crippen molar-refractivity contribution in [3.8, 4) is 0 Å². The van der Waals surface area contributed by atoms with Gasteiger partial charge in [-0.05, 0) is 100 Å². The number of hydrogen-bond acceptors (Lipinski definition) is 8. The molecule has 1 heterocycles. The molecule has 2 amide bonds. The zero-order valence-electron chi connectivity index (χ0n) is 28.5. The number of nitrogens with one attached hydrogen (secondary N) is 2. The van der Waals surface area contributed by atoms with E-state index in [0.717, 1.165) is 22.3 Å². The molecule has 0 aliphatic heterocycles. The number of pyridine rings is 1. The summed E-state index contributed by atoms with van der Waals surface area (Å²) in [5, 5.41) is 8.73. The molecule has 4 rings (SSSR count). The number of rotatable bonds is 11. The lowest BCUT2D eigenvalue weighted by molar-refractivity contribution is -0.122. The molecule has 0 saturated carbocycles. The van der Waals surface area contributed by atoms with Gasteiger partial charge in [-0.1, -0.05) is 48.5 Å². The molecule has 0 fully saturated rings. The van der Waals surface area contributed by atoms with Gasteiger partial charge in [0.1, 0.15) is 11.6 Å². The summed E-state index contributed by atoms with van der Waals surface area (Å²) in [6.07, 6.45) is 4.44. The van der Waals surface area contributed by atoms with E-state index in [1.54, 1.807) is 69.4 Å². The molecule has 1 atom stereocenters. The third-order valence-electron chi connectivity index (χ3n) is 6.92. The number of nitrogens with zero attached hydrogens (tertiary/aromatic N) is 2. The van der Waals surface area contributed by atoms with Crippen LogP contribution in [0.5, 0.6) is 0 Å². The van der Waals surface area contributed by atoms with E-state index in [-0.39, 0.29) is 23.2 Å². The summed E-state index contributed by atoms with van der Waals surface area (Å²) >= 11 is 0. The van der Waals surface area contributed by atoms with Crippen LogP contribution in [-0.4, -0.2) is 42.9 Å². The van der Waals surface area contributed by atoms with Gasteiger partial charge in [0, 0.05) is 30.1 Å². The fraction of sp³-hybridized carbons (Fsp3) is 0.324. The Balaban J connectivity index is 1.70. The first kappa shape index (κ1) is 36.1. The SMILES string of the molecule is C=CCc1cccc(C(Nc2ccc3c(N(OC(C)(C)C)C(=O)OC(C)(C)C)nccc3c2)C(=O)NCc2ccccc2S(C)(=O)=O)c1. The summed E-state index contributed by atoms with van der Waals surface area (Å²) in [6, 6.07) is 20.7. The first-order valence-electron chi connectivity index (χ1n) is 15.6. The lowest BCUT2D eigenvalue weighted by Crippen LogP contribution is -2.42. The van der Waals surface area contributed by atoms with Crippen molar-refractivity contribution in [2.75, 3.05) is 16.6 Å². The predicted molar refractivity (Wildman–Crippen MR) is 189 cm³/mol. The van der Waals surface area contributed by atoms with Crippen LogP contribution in [0.2, 0.25) is 0 Å². The van der Waals surface area contributed by atoms with Crippen molar-refractivity contribution < 1.29 is 27.6 Å². The Hall–Kier alpha value is -4.74. The molecule has 0 bridgehead atoms. The summed E-state index contributed by atoms with van der Waals surface area (Å²) in [6.45, 7) is 14.7. The molecule has 10 nitrogen and oxygen atoms in total. The molecule has 0 radical (unpaired) electrons. The molecule has 1 unspecified atom stereocenters. The van der Waals surface area contributed by atoms with E-state index in [0.29, 0.717) is 28.6 Å². The van der Waals surface area contributed by atoms with Crippen molar-refractivity contribution in [1.29, 1.82) is 0 Å². The minimum Gasteiger partial charge on any atom is -0.442 e. The third-order valence-corrected chi connectivity index (χ3v) is 8.12. The Morgan fingerprint density at radius 3 is 2.35 bits per heavy atom. The van der Waals surface area contributed by atoms with E-state index in [2.05, 4.69) is 22.2 Å². The monoisotopic (exact) mass is 672 g/mol. The highest BCUT2D eigenvalue weighted by Crippen LogP contribution is 2.32. The van der Waals surface area contributed by atoms with Crippen LogP contribution in [0.25, 0.3) is 10.8 Å². The van der Waals surface area contributed by atoms with Crippen molar-refractivity contribution in [3.63, 3.8) is 0 Å². The second-order valence-corrected chi connectivity index (χ2v) is 15.4. The Morgan fingerprint density at radius 2 is 1.69 bits per heavy atom. The number of carbonyl (C=O) groups excluding carboxylic acids is 2. The van der Waals surface area contributed by atoms with Gasteiger partial charge in [0.2, 0.25) is 5.91 Å². The molecule has 0 aliphatic carbocycles. The van der Waals surface area contributed by atoms with Gasteiger partial charge in [-0.25, -0.2) is 18.2 Å². The lowest BCUT2D eigenvalue weighted by Gasteiger charge is -2.31. The first-order valence-corrected chi connectivity index (χ1v) is 17.5. The highest BCUT2D eigenvalue weighted by Gasteiger charge is 2.31. The molecule has 0 saturated heterocycles. The smallest absolute Gasteiger partial charge is 0.440 e. The number of allylic oxidation sites excluding steroid dienone is 1. The number of fused-ring (bicyclic) bond motifs is 1. The number of hydrogen-bond donors (Lipinski definition) is 2. The quantitative estimate of drug-likeness (QED) is 0.126. The van der Waals surface area contributed by atoms with E-state index in [1.165, 1.54) is 6.07 Å². The van der Waals surface area contributed by atoms with Crippen LogP contribution in [0.4, 0.5) is 16.3 Å². The van der Waals surface area contributed by atoms with Gasteiger partial charge < -0.3 is 15.4 Å². The van der Waals surface area contributed by atoms with Crippen molar-refractivity contribution in [2.24, 2.45) is 0 Å². The van der Waals surface area contributed by atoms with Crippen LogP contribution >= 0.6 is 0 Å². The van der Waals surface area contributed by atoms with Crippen molar-refractivity contribution in [1.82, 2.24) is 10.3 Å². The molecule has 254 valence electrons. The van der Waals surface area contributed by atoms with Gasteiger partial charge >= 0.3 is 6.09 Å². The Morgan fingerprint density at radius 1 is 0.958 bits per heavy atom. The second-order valence-electron chi connectivity index (χ2n) is 13.5. The molecule has 0 aliphatic rings. The third kappa shape index (κ3) is 9.65. The molecule has 2 N–H and O–H groups in total. The van der Waals surface area contributed by atoms with Gasteiger partial charge in [0.25, 0.3) is 0 Å². The van der Waals surface area contributed by atoms with Gasteiger partial charge in [-0.15, -0.1) is 11.6 Å². The van der Waals surface area contributed by atoms with E-state index in [4.69, 9.17) is 9.57 Å². The number of hydroxylamine groups is 1. The van der Waals surface area contributed by atoms with Gasteiger partial charge in [-0.3, -0.25) is 9.63 Å². The van der Waals surface area contributed by atoms with Crippen LogP contribution in [-0.2, 0) is 37.2 Å². The number of sulfone groups is 1. The zero-order valence-corrected chi connectivity index (χ0v) is 29.4. The number of ether oxygens (including phenoxy) is 1. The maximum Gasteiger partial charge on any atom is 0.440 e. The molecule has 1 aromatic heterocycles. The molecule has 3 aromatic carbocycles. The van der Waals surface area contributed by atoms with Crippen molar-refractivity contribution in [3.05, 3.63) is 108 Å². The van der Waals surface area contributed by atoms with Crippen LogP contribution < -0.4 is 15.7 Å². The number of carbonyl (C=O) groups is 2. The molecule has 4 aromatic rings. The second kappa shape index (κ2) is 14.6. The largest absolute Gasteiger partial charge is 0.442 e. The number of amides is 2. The maximum atomic E-state index is 13.9. The summed E-state index contributed by atoms with van der Waals surface area (Å²) in [5.74, 6) is -0.0848. The standard InChI is InChI=1S/C37H44N4O6S/c1-9-13-25-14-12-16-27(22-25)32(34(42)39-24-28-15-10-11-17-31(28)48(8,44)45)40-29-18-19-30-26(23-29)20-21-38-33(30)41(47-37(5,6)7)35(43)46-36(2,3)4/h9-12,14-23,32,40H,1,13,24H2,2-8H3,(H,39,42). The minimum absolute atomic E-state index is 0.0215. The zero-order chi connectivity index (χ0) is 35.3. The molecular formula is C37H44N4O6S. The molecule has 11 heteroatoms. The summed E-state index contributed by atoms with van der Waals surface area (Å²) in [7, 11) is -3.49. The maximum absolute atomic E-state index is 13.9. The molecule has 0 spiro atoms. The topological polar surface area (TPSA) is 127 Å². The lowest BCUT2D eigenvalue weighted by atomic mass is 10.0. The van der Waals surface area contributed by atoms with Gasteiger partial charge in [0.15, 0.2) is 15.7 Å². The Bertz CT molecular complexity index is 1910. The van der Waals surface area contributed by atoms with E-state index < -0.39 is 33.2 Å². The van der Waals surface area contributed by atoms with Crippen LogP contribution in [0.15, 0.2) is 96.5 Å². The normalized spacial score (nSPS) is 12.6. The summed E-state index contributed by atoms with van der Waals surface area (Å²) in [5.41, 5.74) is 1.33. The average molecular weight is 673 g/mol. The summed E-state index contributed by atoms with van der Waals surface area (Å²) < 4.78 is 30.4. The van der Waals surface area contributed by atoms with E-state index in [9.17, 15) is 18.0 Å². The number of anilines is 2. The molecule has 48 heavy (non-hydrogen) atoms. The van der Waals surface area contributed by atoms with Crippen molar-refractivity contribution in [2.45, 2.75) is 76.6 Å². The number of benzene rings is 3. The number of aromatic nitrogens is 1. The average Bonchev–Trinajstić information content (AvgIpc) is 2.99. The van der Waals surface area contributed by atoms with Gasteiger partial charge in [-0.2, -0.15) is 0 Å². The van der Waals surface area contributed by atoms with Crippen LogP contribution in [0.3, 0.4) is 0 Å². The van der Waals surface area contributed by atoms with Crippen LogP contribution in [0, 0.1) is 0 Å². The highest BCUT2D eigenvalue weighted by atomic mass is 32.2. The van der Waals surface area contributed by atoms with Crippen LogP contribution in [0.1, 0.15) is 64.3 Å². The van der Waals surface area contributed by atoms with E-state index in [1.807, 2.05) is 51.1 Å². The van der Waals surface area contributed by atoms with Gasteiger partial charge in [0.05, 0.1) is 10.5 Å². The summed E-state index contributed by atoms with van der Waals surface area (Å²) in [4.78, 5) is 37.8. The Labute approximate surface area is 283 Å². The fourth-order valence-corrected chi connectivity index (χ4v) is 5.93. The van der Waals surface area contributed by atoms with E-state index >= 15 is 0 Å². The Kier molecular flexibility index (Phi) is 11.0. The van der Waals surface area contributed by atoms with Crippen molar-refractivity contribution >= 4 is 44.1 Å². The molecular weight excluding hydrogens is 628 g/mol. The fourth-order valence-electron chi connectivity index (χ4n) is 4.99. The highest BCUT2D eigenvalue weighted by molar-refractivity contribution is 7.90. The first-order chi connectivity index (χ1) is 22.4.